The summed E-state index contributed by atoms with van der Waals surface area (Å²) in [5.74, 6) is -0.289. The number of sulfonamides is 1. The summed E-state index contributed by atoms with van der Waals surface area (Å²) in [6, 6.07) is 4.18. The van der Waals surface area contributed by atoms with E-state index in [-0.39, 0.29) is 60.1 Å². The number of fused-ring (bicyclic) bond motifs is 1. The van der Waals surface area contributed by atoms with Crippen LogP contribution in [0.5, 0.6) is 5.75 Å². The molecule has 1 aliphatic heterocycles. The maximum atomic E-state index is 13.1. The van der Waals surface area contributed by atoms with Gasteiger partial charge < -0.3 is 24.0 Å². The summed E-state index contributed by atoms with van der Waals surface area (Å²) in [6.45, 7) is 4.56. The minimum absolute atomic E-state index is 0.0567. The van der Waals surface area contributed by atoms with E-state index in [9.17, 15) is 18.0 Å². The lowest BCUT2D eigenvalue weighted by Gasteiger charge is -2.36. The summed E-state index contributed by atoms with van der Waals surface area (Å²) in [6.07, 6.45) is 0.740. The molecule has 3 atom stereocenters. The standard InChI is InChI=1S/C21H33N3O7S/c1-14-10-24(20(25)13-29-4)15(2)12-31-18-9-16(22-32(6,27)28)7-8-17(18)21(26)23(3)11-19(14)30-5/h7-9,14-15,19,22H,10-13H2,1-6H3/t14-,15-,19+/m0/s1. The topological polar surface area (TPSA) is 114 Å². The Hall–Kier alpha value is -2.37. The normalized spacial score (nSPS) is 22.9. The van der Waals surface area contributed by atoms with E-state index in [1.54, 1.807) is 19.1 Å². The van der Waals surface area contributed by atoms with Crippen LogP contribution < -0.4 is 9.46 Å². The molecule has 1 aliphatic rings. The van der Waals surface area contributed by atoms with Crippen LogP contribution in [-0.2, 0) is 24.3 Å². The van der Waals surface area contributed by atoms with E-state index < -0.39 is 10.0 Å². The number of hydrogen-bond acceptors (Lipinski definition) is 7. The van der Waals surface area contributed by atoms with Gasteiger partial charge in [0.15, 0.2) is 0 Å². The number of amides is 2. The summed E-state index contributed by atoms with van der Waals surface area (Å²) in [7, 11) is 1.20. The third kappa shape index (κ3) is 6.81. The van der Waals surface area contributed by atoms with E-state index in [4.69, 9.17) is 14.2 Å². The molecule has 2 amide bonds. The Kier molecular flexibility index (Phi) is 8.88. The van der Waals surface area contributed by atoms with Gasteiger partial charge in [-0.2, -0.15) is 0 Å². The number of methoxy groups -OCH3 is 2. The van der Waals surface area contributed by atoms with Crippen molar-refractivity contribution in [3.63, 3.8) is 0 Å². The highest BCUT2D eigenvalue weighted by Gasteiger charge is 2.30. The van der Waals surface area contributed by atoms with Gasteiger partial charge in [0.1, 0.15) is 19.0 Å². The number of nitrogens with one attached hydrogen (secondary N) is 1. The molecule has 10 nitrogen and oxygen atoms in total. The third-order valence-electron chi connectivity index (χ3n) is 5.34. The van der Waals surface area contributed by atoms with Crippen LogP contribution in [0.25, 0.3) is 0 Å². The predicted octanol–water partition coefficient (Wildman–Crippen LogP) is 1.04. The molecule has 1 N–H and O–H groups in total. The van der Waals surface area contributed by atoms with Crippen molar-refractivity contribution in [1.29, 1.82) is 0 Å². The van der Waals surface area contributed by atoms with Crippen molar-refractivity contribution in [2.45, 2.75) is 26.0 Å². The lowest BCUT2D eigenvalue weighted by Crippen LogP contribution is -2.49. The van der Waals surface area contributed by atoms with Gasteiger partial charge in [0.2, 0.25) is 15.9 Å². The third-order valence-corrected chi connectivity index (χ3v) is 5.94. The second-order valence-electron chi connectivity index (χ2n) is 8.16. The van der Waals surface area contributed by atoms with Gasteiger partial charge in [-0.3, -0.25) is 14.3 Å². The quantitative estimate of drug-likeness (QED) is 0.682. The van der Waals surface area contributed by atoms with Crippen molar-refractivity contribution < 1.29 is 32.2 Å². The van der Waals surface area contributed by atoms with Gasteiger partial charge in [-0.25, -0.2) is 8.42 Å². The fourth-order valence-electron chi connectivity index (χ4n) is 3.60. The van der Waals surface area contributed by atoms with E-state index in [0.717, 1.165) is 6.26 Å². The second-order valence-corrected chi connectivity index (χ2v) is 9.91. The minimum atomic E-state index is -3.51. The fourth-order valence-corrected chi connectivity index (χ4v) is 4.16. The zero-order valence-corrected chi connectivity index (χ0v) is 20.3. The number of carbonyl (C=O) groups is 2. The lowest BCUT2D eigenvalue weighted by atomic mass is 10.0. The first-order valence-electron chi connectivity index (χ1n) is 10.3. The number of hydrogen-bond donors (Lipinski definition) is 1. The first kappa shape index (κ1) is 25.9. The number of rotatable bonds is 5. The highest BCUT2D eigenvalue weighted by molar-refractivity contribution is 7.92. The molecular formula is C21H33N3O7S. The van der Waals surface area contributed by atoms with Crippen LogP contribution in [-0.4, -0.2) is 96.0 Å². The van der Waals surface area contributed by atoms with Crippen LogP contribution >= 0.6 is 0 Å². The fraction of sp³-hybridized carbons (Fsp3) is 0.619. The maximum absolute atomic E-state index is 13.1. The summed E-state index contributed by atoms with van der Waals surface area (Å²) in [5, 5.41) is 0. The van der Waals surface area contributed by atoms with Crippen LogP contribution in [0, 0.1) is 5.92 Å². The van der Waals surface area contributed by atoms with Crippen molar-refractivity contribution >= 4 is 27.5 Å². The summed E-state index contributed by atoms with van der Waals surface area (Å²) >= 11 is 0. The molecule has 0 saturated heterocycles. The highest BCUT2D eigenvalue weighted by Crippen LogP contribution is 2.27. The number of nitrogens with zero attached hydrogens (tertiary/aromatic N) is 2. The molecule has 0 spiro atoms. The molecule has 0 bridgehead atoms. The Bertz CT molecular complexity index is 922. The number of benzene rings is 1. The Morgan fingerprint density at radius 3 is 2.53 bits per heavy atom. The number of carbonyl (C=O) groups excluding carboxylic acids is 2. The zero-order chi connectivity index (χ0) is 24.1. The van der Waals surface area contributed by atoms with E-state index in [1.165, 1.54) is 30.2 Å². The molecule has 11 heteroatoms. The van der Waals surface area contributed by atoms with Gasteiger partial charge in [-0.1, -0.05) is 6.92 Å². The van der Waals surface area contributed by atoms with E-state index in [0.29, 0.717) is 13.1 Å². The Morgan fingerprint density at radius 1 is 1.25 bits per heavy atom. The SMILES string of the molecule is COCC(=O)N1C[C@H](C)[C@H](OC)CN(C)C(=O)c2ccc(NS(C)(=O)=O)cc2OC[C@@H]1C. The molecule has 180 valence electrons. The van der Waals surface area contributed by atoms with Crippen LogP contribution in [0.3, 0.4) is 0 Å². The van der Waals surface area contributed by atoms with Crippen LogP contribution in [0.4, 0.5) is 5.69 Å². The minimum Gasteiger partial charge on any atom is -0.491 e. The van der Waals surface area contributed by atoms with Crippen LogP contribution in [0.2, 0.25) is 0 Å². The molecule has 0 aromatic heterocycles. The van der Waals surface area contributed by atoms with Crippen LogP contribution in [0.15, 0.2) is 18.2 Å². The van der Waals surface area contributed by atoms with Gasteiger partial charge in [0, 0.05) is 46.3 Å². The van der Waals surface area contributed by atoms with Crippen molar-refractivity contribution in [2.24, 2.45) is 5.92 Å². The lowest BCUT2D eigenvalue weighted by molar-refractivity contribution is -0.139. The van der Waals surface area contributed by atoms with Crippen molar-refractivity contribution in [3.8, 4) is 5.75 Å². The Morgan fingerprint density at radius 2 is 1.94 bits per heavy atom. The molecule has 1 heterocycles. The van der Waals surface area contributed by atoms with Crippen molar-refractivity contribution in [2.75, 3.05) is 58.5 Å². The average molecular weight is 472 g/mol. The number of ether oxygens (including phenoxy) is 3. The Labute approximate surface area is 189 Å². The summed E-state index contributed by atoms with van der Waals surface area (Å²) in [4.78, 5) is 29.0. The summed E-state index contributed by atoms with van der Waals surface area (Å²) in [5.41, 5.74) is 0.564. The van der Waals surface area contributed by atoms with Crippen molar-refractivity contribution in [1.82, 2.24) is 9.80 Å². The smallest absolute Gasteiger partial charge is 0.257 e. The molecule has 0 fully saturated rings. The maximum Gasteiger partial charge on any atom is 0.257 e. The van der Waals surface area contributed by atoms with Crippen LogP contribution in [0.1, 0.15) is 24.2 Å². The first-order chi connectivity index (χ1) is 15.0. The molecule has 0 unspecified atom stereocenters. The van der Waals surface area contributed by atoms with Gasteiger partial charge in [0.05, 0.1) is 29.7 Å². The van der Waals surface area contributed by atoms with Gasteiger partial charge in [-0.05, 0) is 19.1 Å². The average Bonchev–Trinajstić information content (AvgIpc) is 2.71. The largest absolute Gasteiger partial charge is 0.491 e. The monoisotopic (exact) mass is 471 g/mol. The van der Waals surface area contributed by atoms with E-state index in [1.807, 2.05) is 13.8 Å². The van der Waals surface area contributed by atoms with Gasteiger partial charge >= 0.3 is 0 Å². The van der Waals surface area contributed by atoms with Gasteiger partial charge in [0.25, 0.3) is 5.91 Å². The number of likely N-dealkylation sites (N-methyl/N-ethyl adjacent to an activating group) is 1. The molecule has 0 aliphatic carbocycles. The number of anilines is 1. The Balaban J connectivity index is 2.47. The predicted molar refractivity (Wildman–Crippen MR) is 120 cm³/mol. The zero-order valence-electron chi connectivity index (χ0n) is 19.5. The van der Waals surface area contributed by atoms with E-state index >= 15 is 0 Å². The first-order valence-corrected chi connectivity index (χ1v) is 12.2. The second kappa shape index (κ2) is 11.0. The van der Waals surface area contributed by atoms with Gasteiger partial charge in [-0.15, -0.1) is 0 Å². The van der Waals surface area contributed by atoms with E-state index in [2.05, 4.69) is 4.72 Å². The molecule has 32 heavy (non-hydrogen) atoms. The molecular weight excluding hydrogens is 438 g/mol. The molecule has 1 aromatic carbocycles. The molecule has 0 saturated carbocycles. The molecule has 2 rings (SSSR count). The molecule has 1 aromatic rings. The summed E-state index contributed by atoms with van der Waals surface area (Å²) < 4.78 is 42.3. The highest BCUT2D eigenvalue weighted by atomic mass is 32.2. The van der Waals surface area contributed by atoms with Crippen molar-refractivity contribution in [3.05, 3.63) is 23.8 Å². The molecule has 0 radical (unpaired) electrons.